The molecular formula is C14H13FN2O2. The van der Waals surface area contributed by atoms with Crippen LogP contribution in [0.1, 0.15) is 15.9 Å². The largest absolute Gasteiger partial charge is 0.488 e. The molecule has 0 spiro atoms. The summed E-state index contributed by atoms with van der Waals surface area (Å²) in [5, 5.41) is 0. The monoisotopic (exact) mass is 260 g/mol. The molecule has 0 atom stereocenters. The fourth-order valence-corrected chi connectivity index (χ4v) is 1.62. The molecule has 2 aromatic rings. The Morgan fingerprint density at radius 3 is 2.63 bits per heavy atom. The first-order valence-corrected chi connectivity index (χ1v) is 5.63. The molecule has 4 nitrogen and oxygen atoms in total. The van der Waals surface area contributed by atoms with Crippen molar-refractivity contribution in [1.29, 1.82) is 0 Å². The number of hydrogen-bond acceptors (Lipinski definition) is 3. The number of anilines is 1. The molecule has 0 fully saturated rings. The van der Waals surface area contributed by atoms with E-state index in [1.807, 2.05) is 0 Å². The Labute approximate surface area is 109 Å². The molecular weight excluding hydrogens is 247 g/mol. The number of nitrogens with two attached hydrogens (primary N) is 2. The molecule has 19 heavy (non-hydrogen) atoms. The second-order valence-electron chi connectivity index (χ2n) is 4.00. The summed E-state index contributed by atoms with van der Waals surface area (Å²) in [4.78, 5) is 11.2. The zero-order valence-corrected chi connectivity index (χ0v) is 10.1. The van der Waals surface area contributed by atoms with Gasteiger partial charge in [0.25, 0.3) is 5.91 Å². The van der Waals surface area contributed by atoms with E-state index < -0.39 is 11.7 Å². The number of nitrogen functional groups attached to an aromatic ring is 1. The Hall–Kier alpha value is -2.56. The van der Waals surface area contributed by atoms with Gasteiger partial charge in [0.05, 0.1) is 11.3 Å². The van der Waals surface area contributed by atoms with Crippen molar-refractivity contribution in [3.63, 3.8) is 0 Å². The average molecular weight is 260 g/mol. The zero-order valence-electron chi connectivity index (χ0n) is 10.1. The Kier molecular flexibility index (Phi) is 3.66. The van der Waals surface area contributed by atoms with Crippen LogP contribution in [0.15, 0.2) is 42.5 Å². The summed E-state index contributed by atoms with van der Waals surface area (Å²) in [6.45, 7) is 0.126. The Morgan fingerprint density at radius 2 is 1.95 bits per heavy atom. The average Bonchev–Trinajstić information content (AvgIpc) is 2.40. The van der Waals surface area contributed by atoms with Crippen LogP contribution in [-0.2, 0) is 6.61 Å². The van der Waals surface area contributed by atoms with Gasteiger partial charge < -0.3 is 16.2 Å². The standard InChI is InChI=1S/C14H13FN2O2/c15-11-7-9(5-6-12(11)16)8-19-13-4-2-1-3-10(13)14(17)18/h1-7H,8,16H2,(H2,17,18). The second-order valence-corrected chi connectivity index (χ2v) is 4.00. The van der Waals surface area contributed by atoms with Crippen molar-refractivity contribution >= 4 is 11.6 Å². The number of ether oxygens (including phenoxy) is 1. The van der Waals surface area contributed by atoms with Crippen molar-refractivity contribution < 1.29 is 13.9 Å². The van der Waals surface area contributed by atoms with Gasteiger partial charge in [-0.2, -0.15) is 0 Å². The van der Waals surface area contributed by atoms with E-state index in [4.69, 9.17) is 16.2 Å². The highest BCUT2D eigenvalue weighted by molar-refractivity contribution is 5.95. The molecule has 5 heteroatoms. The number of carbonyl (C=O) groups excluding carboxylic acids is 1. The minimum absolute atomic E-state index is 0.0845. The first kappa shape index (κ1) is 12.9. The topological polar surface area (TPSA) is 78.3 Å². The van der Waals surface area contributed by atoms with E-state index in [1.165, 1.54) is 12.1 Å². The van der Waals surface area contributed by atoms with Crippen molar-refractivity contribution in [3.05, 3.63) is 59.4 Å². The fourth-order valence-electron chi connectivity index (χ4n) is 1.62. The number of para-hydroxylation sites is 1. The van der Waals surface area contributed by atoms with E-state index in [0.717, 1.165) is 0 Å². The molecule has 2 rings (SSSR count). The van der Waals surface area contributed by atoms with Crippen molar-refractivity contribution in [1.82, 2.24) is 0 Å². The summed E-state index contributed by atoms with van der Waals surface area (Å²) in [5.74, 6) is -0.699. The number of hydrogen-bond donors (Lipinski definition) is 2. The van der Waals surface area contributed by atoms with Gasteiger partial charge in [-0.05, 0) is 29.8 Å². The Balaban J connectivity index is 2.14. The molecule has 0 aliphatic heterocycles. The van der Waals surface area contributed by atoms with Gasteiger partial charge >= 0.3 is 0 Å². The lowest BCUT2D eigenvalue weighted by Gasteiger charge is -2.09. The molecule has 0 unspecified atom stereocenters. The third-order valence-corrected chi connectivity index (χ3v) is 2.61. The third-order valence-electron chi connectivity index (χ3n) is 2.61. The summed E-state index contributed by atoms with van der Waals surface area (Å²) in [7, 11) is 0. The Bertz CT molecular complexity index is 614. The van der Waals surface area contributed by atoms with Gasteiger partial charge in [0.2, 0.25) is 0 Å². The van der Waals surface area contributed by atoms with Crippen LogP contribution in [0.2, 0.25) is 0 Å². The highest BCUT2D eigenvalue weighted by Gasteiger charge is 2.08. The SMILES string of the molecule is NC(=O)c1ccccc1OCc1ccc(N)c(F)c1. The van der Waals surface area contributed by atoms with Crippen molar-refractivity contribution in [2.75, 3.05) is 5.73 Å². The van der Waals surface area contributed by atoms with Crippen LogP contribution in [0, 0.1) is 5.82 Å². The van der Waals surface area contributed by atoms with Gasteiger partial charge in [-0.15, -0.1) is 0 Å². The number of rotatable bonds is 4. The predicted octanol–water partition coefficient (Wildman–Crippen LogP) is 2.09. The Morgan fingerprint density at radius 1 is 1.21 bits per heavy atom. The van der Waals surface area contributed by atoms with Gasteiger partial charge in [0.1, 0.15) is 18.2 Å². The molecule has 0 heterocycles. The predicted molar refractivity (Wildman–Crippen MR) is 70.1 cm³/mol. The van der Waals surface area contributed by atoms with E-state index in [0.29, 0.717) is 16.9 Å². The smallest absolute Gasteiger partial charge is 0.252 e. The quantitative estimate of drug-likeness (QED) is 0.826. The van der Waals surface area contributed by atoms with Crippen LogP contribution >= 0.6 is 0 Å². The normalized spacial score (nSPS) is 10.2. The van der Waals surface area contributed by atoms with Gasteiger partial charge in [-0.1, -0.05) is 18.2 Å². The first-order chi connectivity index (χ1) is 9.08. The van der Waals surface area contributed by atoms with Crippen LogP contribution in [0.3, 0.4) is 0 Å². The summed E-state index contributed by atoms with van der Waals surface area (Å²) in [6.07, 6.45) is 0. The number of primary amides is 1. The molecule has 0 aromatic heterocycles. The molecule has 0 aliphatic carbocycles. The lowest BCUT2D eigenvalue weighted by molar-refractivity contribution is 0.0996. The maximum Gasteiger partial charge on any atom is 0.252 e. The lowest BCUT2D eigenvalue weighted by atomic mass is 10.2. The summed E-state index contributed by atoms with van der Waals surface area (Å²) in [5.41, 5.74) is 11.6. The summed E-state index contributed by atoms with van der Waals surface area (Å²) < 4.78 is 18.7. The molecule has 0 radical (unpaired) electrons. The number of carbonyl (C=O) groups is 1. The van der Waals surface area contributed by atoms with Crippen LogP contribution < -0.4 is 16.2 Å². The minimum atomic E-state index is -0.570. The van der Waals surface area contributed by atoms with Crippen LogP contribution in [0.5, 0.6) is 5.75 Å². The maximum atomic E-state index is 13.3. The number of halogens is 1. The molecule has 0 saturated carbocycles. The number of amides is 1. The first-order valence-electron chi connectivity index (χ1n) is 5.63. The van der Waals surface area contributed by atoms with Crippen LogP contribution in [0.25, 0.3) is 0 Å². The molecule has 0 aliphatic rings. The van der Waals surface area contributed by atoms with E-state index in [2.05, 4.69) is 0 Å². The van der Waals surface area contributed by atoms with Crippen molar-refractivity contribution in [3.8, 4) is 5.75 Å². The van der Waals surface area contributed by atoms with Crippen LogP contribution in [-0.4, -0.2) is 5.91 Å². The van der Waals surface area contributed by atoms with Crippen molar-refractivity contribution in [2.24, 2.45) is 5.73 Å². The zero-order chi connectivity index (χ0) is 13.8. The molecule has 2 aromatic carbocycles. The van der Waals surface area contributed by atoms with Crippen molar-refractivity contribution in [2.45, 2.75) is 6.61 Å². The highest BCUT2D eigenvalue weighted by Crippen LogP contribution is 2.19. The molecule has 98 valence electrons. The third kappa shape index (κ3) is 3.01. The molecule has 1 amide bonds. The molecule has 4 N–H and O–H groups in total. The van der Waals surface area contributed by atoms with E-state index in [9.17, 15) is 9.18 Å². The van der Waals surface area contributed by atoms with Gasteiger partial charge in [-0.3, -0.25) is 4.79 Å². The summed E-state index contributed by atoms with van der Waals surface area (Å²) in [6, 6.07) is 11.0. The van der Waals surface area contributed by atoms with Gasteiger partial charge in [0.15, 0.2) is 0 Å². The highest BCUT2D eigenvalue weighted by atomic mass is 19.1. The number of benzene rings is 2. The fraction of sp³-hybridized carbons (Fsp3) is 0.0714. The van der Waals surface area contributed by atoms with E-state index in [-0.39, 0.29) is 12.3 Å². The van der Waals surface area contributed by atoms with Crippen LogP contribution in [0.4, 0.5) is 10.1 Å². The summed E-state index contributed by atoms with van der Waals surface area (Å²) >= 11 is 0. The minimum Gasteiger partial charge on any atom is -0.488 e. The van der Waals surface area contributed by atoms with Gasteiger partial charge in [-0.25, -0.2) is 4.39 Å². The van der Waals surface area contributed by atoms with E-state index in [1.54, 1.807) is 30.3 Å². The lowest BCUT2D eigenvalue weighted by Crippen LogP contribution is -2.12. The van der Waals surface area contributed by atoms with E-state index >= 15 is 0 Å². The second kappa shape index (κ2) is 5.39. The van der Waals surface area contributed by atoms with Gasteiger partial charge in [0, 0.05) is 0 Å². The molecule has 0 bridgehead atoms. The molecule has 0 saturated heterocycles. The maximum absolute atomic E-state index is 13.3.